The Labute approximate surface area is 161 Å². The number of nitrogens with zero attached hydrogens (tertiary/aromatic N) is 1. The smallest absolute Gasteiger partial charge is 0.684 e. The topological polar surface area (TPSA) is 72.4 Å². The van der Waals surface area contributed by atoms with Crippen molar-refractivity contribution in [3.8, 4) is 0 Å². The fourth-order valence-electron chi connectivity index (χ4n) is 1.84. The van der Waals surface area contributed by atoms with Crippen LogP contribution in [0.2, 0.25) is 0 Å². The summed E-state index contributed by atoms with van der Waals surface area (Å²) in [7, 11) is -0.692. The van der Waals surface area contributed by atoms with Gasteiger partial charge in [0.05, 0.1) is 5.30 Å². The molecule has 0 saturated carbocycles. The molecule has 0 atom stereocenters. The summed E-state index contributed by atoms with van der Waals surface area (Å²) >= 11 is 0. The molecule has 4 nitrogen and oxygen atoms in total. The monoisotopic (exact) mass is 315 g/mol. The molecule has 110 valence electrons. The Morgan fingerprint density at radius 3 is 1.48 bits per heavy atom. The van der Waals surface area contributed by atoms with Crippen LogP contribution in [0.15, 0.2) is 48.5 Å². The summed E-state index contributed by atoms with van der Waals surface area (Å²) in [6.07, 6.45) is 3.80. The summed E-state index contributed by atoms with van der Waals surface area (Å²) in [5.74, 6) is 0. The maximum absolute atomic E-state index is 10.9. The van der Waals surface area contributed by atoms with Crippen LogP contribution < -0.4 is 62.6 Å². The van der Waals surface area contributed by atoms with E-state index in [1.54, 1.807) is 12.1 Å². The summed E-state index contributed by atoms with van der Waals surface area (Å²) in [4.78, 5) is 34.6. The van der Waals surface area contributed by atoms with Crippen LogP contribution in [-0.4, -0.2) is 14.1 Å². The maximum atomic E-state index is 10.9. The molecule has 0 N–H and O–H groups in total. The molecule has 0 aromatic heterocycles. The van der Waals surface area contributed by atoms with Crippen LogP contribution in [0.25, 0.3) is 12.2 Å². The molecule has 0 radical (unpaired) electrons. The van der Waals surface area contributed by atoms with Crippen LogP contribution in [0.4, 0.5) is 5.69 Å². The zero-order valence-electron chi connectivity index (χ0n) is 13.9. The minimum Gasteiger partial charge on any atom is -0.684 e. The van der Waals surface area contributed by atoms with E-state index in [0.717, 1.165) is 16.8 Å². The molecule has 2 rings (SSSR count). The van der Waals surface area contributed by atoms with Gasteiger partial charge in [-0.15, -0.1) is 7.94 Å². The van der Waals surface area contributed by atoms with Gasteiger partial charge in [0.2, 0.25) is 0 Å². The first kappa shape index (κ1) is 22.5. The Morgan fingerprint density at radius 1 is 0.739 bits per heavy atom. The Bertz CT molecular complexity index is 623. The minimum absolute atomic E-state index is 0. The second-order valence-corrected chi connectivity index (χ2v) is 6.42. The Morgan fingerprint density at radius 2 is 1.13 bits per heavy atom. The molecule has 0 unspecified atom stereocenters. The predicted molar refractivity (Wildman–Crippen MR) is 82.7 cm³/mol. The van der Waals surface area contributed by atoms with Gasteiger partial charge in [-0.3, -0.25) is 0 Å². The van der Waals surface area contributed by atoms with Gasteiger partial charge in [0.1, 0.15) is 0 Å². The largest absolute Gasteiger partial charge is 1.00 e. The first-order chi connectivity index (χ1) is 9.86. The van der Waals surface area contributed by atoms with Crippen molar-refractivity contribution in [2.45, 2.75) is 0 Å². The first-order valence-electron chi connectivity index (χ1n) is 6.44. The second-order valence-electron chi connectivity index (χ2n) is 4.91. The molecule has 0 aliphatic carbocycles. The standard InChI is InChI=1S/C16H18NO3P.2Li/c1-17(2)15-9-5-13(6-10-15)3-4-14-7-11-16(12-8-14)21(18,19)20;;/h3-12H,1-2H3,(H2,18,19,20);;/q;2*+1/p-2/b4-3+;;. The zero-order chi connectivity index (χ0) is 15.5. The van der Waals surface area contributed by atoms with Crippen molar-refractivity contribution >= 4 is 31.1 Å². The molecule has 0 heterocycles. The predicted octanol–water partition coefficient (Wildman–Crippen LogP) is -5.60. The Kier molecular flexibility index (Phi) is 9.48. The van der Waals surface area contributed by atoms with Gasteiger partial charge >= 0.3 is 37.7 Å². The van der Waals surface area contributed by atoms with Crippen molar-refractivity contribution < 1.29 is 52.4 Å². The van der Waals surface area contributed by atoms with E-state index in [1.165, 1.54) is 12.1 Å². The fourth-order valence-corrected chi connectivity index (χ4v) is 2.36. The van der Waals surface area contributed by atoms with Crippen LogP contribution in [0.3, 0.4) is 0 Å². The Balaban J connectivity index is 0.00000242. The summed E-state index contributed by atoms with van der Waals surface area (Å²) in [5, 5.41) is -0.185. The van der Waals surface area contributed by atoms with E-state index in [0.29, 0.717) is 0 Å². The van der Waals surface area contributed by atoms with Crippen molar-refractivity contribution in [3.63, 3.8) is 0 Å². The zero-order valence-corrected chi connectivity index (χ0v) is 14.8. The van der Waals surface area contributed by atoms with Crippen LogP contribution in [-0.2, 0) is 0 Å². The van der Waals surface area contributed by atoms with E-state index in [4.69, 9.17) is 0 Å². The van der Waals surface area contributed by atoms with E-state index in [-0.39, 0.29) is 43.0 Å². The third-order valence-corrected chi connectivity index (χ3v) is 4.02. The number of rotatable bonds is 4. The van der Waals surface area contributed by atoms with Gasteiger partial charge in [-0.2, -0.15) is 0 Å². The van der Waals surface area contributed by atoms with E-state index in [9.17, 15) is 14.7 Å². The molecule has 2 aromatic carbocycles. The van der Waals surface area contributed by atoms with Crippen LogP contribution in [0.5, 0.6) is 0 Å². The third kappa shape index (κ3) is 6.86. The van der Waals surface area contributed by atoms with Gasteiger partial charge in [0.25, 0.3) is 0 Å². The fraction of sp³-hybridized carbons (Fsp3) is 0.125. The maximum Gasteiger partial charge on any atom is 1.00 e. The van der Waals surface area contributed by atoms with E-state index < -0.39 is 7.94 Å². The molecule has 2 aromatic rings. The molecule has 0 spiro atoms. The molecule has 0 saturated heterocycles. The molecular weight excluding hydrogens is 299 g/mol. The normalized spacial score (nSPS) is 10.8. The van der Waals surface area contributed by atoms with Crippen molar-refractivity contribution in [3.05, 3.63) is 59.7 Å². The van der Waals surface area contributed by atoms with Crippen molar-refractivity contribution in [2.75, 3.05) is 19.0 Å². The van der Waals surface area contributed by atoms with Gasteiger partial charge in [-0.25, -0.2) is 0 Å². The van der Waals surface area contributed by atoms with Gasteiger partial charge in [0.15, 0.2) is 0 Å². The number of anilines is 1. The second kappa shape index (κ2) is 9.70. The quantitative estimate of drug-likeness (QED) is 0.320. The summed E-state index contributed by atoms with van der Waals surface area (Å²) in [6.45, 7) is 0. The van der Waals surface area contributed by atoms with Crippen LogP contribution in [0.1, 0.15) is 11.1 Å². The molecule has 23 heavy (non-hydrogen) atoms. The van der Waals surface area contributed by atoms with Crippen molar-refractivity contribution in [1.29, 1.82) is 0 Å². The van der Waals surface area contributed by atoms with Gasteiger partial charge < -0.3 is 19.6 Å². The van der Waals surface area contributed by atoms with Gasteiger partial charge in [0, 0.05) is 19.8 Å². The number of hydrogen-bond acceptors (Lipinski definition) is 4. The molecule has 0 bridgehead atoms. The molecular formula is C16H16Li2NO3P. The van der Waals surface area contributed by atoms with Gasteiger partial charge in [-0.1, -0.05) is 36.4 Å². The van der Waals surface area contributed by atoms with E-state index in [2.05, 4.69) is 0 Å². The van der Waals surface area contributed by atoms with Crippen molar-refractivity contribution in [2.24, 2.45) is 0 Å². The van der Waals surface area contributed by atoms with E-state index in [1.807, 2.05) is 55.4 Å². The molecule has 0 aliphatic rings. The SMILES string of the molecule is CN(C)c1ccc(/C=C/c2ccc([P+]([O-])([O-])[O-])cc2)cc1.[Li+].[Li+]. The average Bonchev–Trinajstić information content (AvgIpc) is 2.45. The van der Waals surface area contributed by atoms with Crippen molar-refractivity contribution in [1.82, 2.24) is 0 Å². The molecule has 0 amide bonds. The van der Waals surface area contributed by atoms with E-state index >= 15 is 0 Å². The third-order valence-electron chi connectivity index (χ3n) is 3.09. The summed E-state index contributed by atoms with van der Waals surface area (Å²) in [5.41, 5.74) is 3.00. The molecule has 7 heteroatoms. The van der Waals surface area contributed by atoms with Gasteiger partial charge in [-0.05, 0) is 35.4 Å². The number of benzene rings is 2. The minimum atomic E-state index is -4.66. The first-order valence-corrected chi connectivity index (χ1v) is 7.99. The van der Waals surface area contributed by atoms with Crippen LogP contribution in [0, 0.1) is 0 Å². The summed E-state index contributed by atoms with van der Waals surface area (Å²) < 4.78 is 0. The molecule has 0 aliphatic heterocycles. The average molecular weight is 315 g/mol. The van der Waals surface area contributed by atoms with Crippen LogP contribution >= 0.6 is 7.94 Å². The summed E-state index contributed by atoms with van der Waals surface area (Å²) in [6, 6.07) is 13.9. The number of hydrogen-bond donors (Lipinski definition) is 0. The molecule has 0 fully saturated rings. The Hall–Kier alpha value is -0.515.